The predicted molar refractivity (Wildman–Crippen MR) is 87.7 cm³/mol. The summed E-state index contributed by atoms with van der Waals surface area (Å²) in [5, 5.41) is 2.73. The Balaban J connectivity index is 1.84. The standard InChI is InChI=1S/C16H23N5O2/c1-12(20(3)13(2)22)14-4-8-21(9-5-14)11-16(23)19-15-10-17-6-7-18-15/h4,6-7,10,12H,5,8-9,11H2,1-3H3,(H,18,19,23)/t12-/m0/s1. The molecule has 0 aliphatic carbocycles. The molecular weight excluding hydrogens is 294 g/mol. The highest BCUT2D eigenvalue weighted by Crippen LogP contribution is 2.18. The van der Waals surface area contributed by atoms with Crippen LogP contribution in [0.1, 0.15) is 20.3 Å². The molecule has 1 aliphatic rings. The van der Waals surface area contributed by atoms with Gasteiger partial charge in [0.1, 0.15) is 0 Å². The second kappa shape index (κ2) is 7.82. The largest absolute Gasteiger partial charge is 0.340 e. The molecule has 1 aromatic heterocycles. The normalized spacial score (nSPS) is 16.4. The van der Waals surface area contributed by atoms with E-state index in [1.54, 1.807) is 24.2 Å². The van der Waals surface area contributed by atoms with Gasteiger partial charge in [-0.15, -0.1) is 0 Å². The summed E-state index contributed by atoms with van der Waals surface area (Å²) in [6, 6.07) is 0.100. The van der Waals surface area contributed by atoms with E-state index in [4.69, 9.17) is 0 Å². The van der Waals surface area contributed by atoms with Crippen LogP contribution in [0.25, 0.3) is 0 Å². The average molecular weight is 317 g/mol. The first-order chi connectivity index (χ1) is 11.0. The molecule has 0 bridgehead atoms. The van der Waals surface area contributed by atoms with Gasteiger partial charge < -0.3 is 10.2 Å². The molecule has 2 rings (SSSR count). The Bertz CT molecular complexity index is 587. The predicted octanol–water partition coefficient (Wildman–Crippen LogP) is 0.914. The van der Waals surface area contributed by atoms with Crippen molar-refractivity contribution in [3.05, 3.63) is 30.2 Å². The number of likely N-dealkylation sites (N-methyl/N-ethyl adjacent to an activating group) is 1. The minimum atomic E-state index is -0.101. The maximum atomic E-state index is 12.0. The average Bonchev–Trinajstić information content (AvgIpc) is 2.55. The summed E-state index contributed by atoms with van der Waals surface area (Å²) in [4.78, 5) is 35.2. The molecule has 1 atom stereocenters. The van der Waals surface area contributed by atoms with Crippen LogP contribution in [0, 0.1) is 0 Å². The van der Waals surface area contributed by atoms with Gasteiger partial charge in [-0.25, -0.2) is 4.98 Å². The smallest absolute Gasteiger partial charge is 0.239 e. The second-order valence-corrected chi connectivity index (χ2v) is 5.71. The van der Waals surface area contributed by atoms with Crippen molar-refractivity contribution >= 4 is 17.6 Å². The van der Waals surface area contributed by atoms with Crippen LogP contribution < -0.4 is 5.32 Å². The molecule has 0 unspecified atom stereocenters. The fraction of sp³-hybridized carbons (Fsp3) is 0.500. The van der Waals surface area contributed by atoms with E-state index in [0.717, 1.165) is 13.0 Å². The van der Waals surface area contributed by atoms with E-state index in [1.165, 1.54) is 11.8 Å². The molecular formula is C16H23N5O2. The van der Waals surface area contributed by atoms with Crippen molar-refractivity contribution in [1.29, 1.82) is 0 Å². The Morgan fingerprint density at radius 3 is 2.78 bits per heavy atom. The van der Waals surface area contributed by atoms with E-state index < -0.39 is 0 Å². The van der Waals surface area contributed by atoms with E-state index in [2.05, 4.69) is 26.3 Å². The lowest BCUT2D eigenvalue weighted by atomic mass is 10.0. The minimum absolute atomic E-state index is 0.0594. The summed E-state index contributed by atoms with van der Waals surface area (Å²) in [7, 11) is 1.81. The van der Waals surface area contributed by atoms with Crippen LogP contribution in [-0.4, -0.2) is 64.3 Å². The van der Waals surface area contributed by atoms with Crippen LogP contribution in [0.15, 0.2) is 30.2 Å². The van der Waals surface area contributed by atoms with Gasteiger partial charge in [-0.05, 0) is 18.9 Å². The molecule has 0 saturated carbocycles. The number of carbonyl (C=O) groups excluding carboxylic acids is 2. The fourth-order valence-electron chi connectivity index (χ4n) is 2.52. The SMILES string of the molecule is CC(=O)N(C)[C@@H](C)C1=CCN(CC(=O)Nc2cnccn2)CC1. The van der Waals surface area contributed by atoms with Crippen LogP contribution in [-0.2, 0) is 9.59 Å². The van der Waals surface area contributed by atoms with Gasteiger partial charge in [0.25, 0.3) is 0 Å². The Hall–Kier alpha value is -2.28. The van der Waals surface area contributed by atoms with Gasteiger partial charge in [0, 0.05) is 45.5 Å². The monoisotopic (exact) mass is 317 g/mol. The summed E-state index contributed by atoms with van der Waals surface area (Å²) in [6.07, 6.45) is 7.59. The summed E-state index contributed by atoms with van der Waals surface area (Å²) in [5.74, 6) is 0.419. The quantitative estimate of drug-likeness (QED) is 0.817. The van der Waals surface area contributed by atoms with Crippen molar-refractivity contribution in [2.75, 3.05) is 32.0 Å². The van der Waals surface area contributed by atoms with Crippen molar-refractivity contribution in [1.82, 2.24) is 19.8 Å². The van der Waals surface area contributed by atoms with Crippen molar-refractivity contribution < 1.29 is 9.59 Å². The van der Waals surface area contributed by atoms with Crippen LogP contribution in [0.4, 0.5) is 5.82 Å². The molecule has 7 nitrogen and oxygen atoms in total. The van der Waals surface area contributed by atoms with Gasteiger partial charge in [0.15, 0.2) is 5.82 Å². The summed E-state index contributed by atoms with van der Waals surface area (Å²) in [5.41, 5.74) is 1.24. The highest BCUT2D eigenvalue weighted by Gasteiger charge is 2.21. The van der Waals surface area contributed by atoms with E-state index in [1.807, 2.05) is 14.0 Å². The number of amides is 2. The molecule has 0 saturated heterocycles. The van der Waals surface area contributed by atoms with Crippen molar-refractivity contribution in [3.63, 3.8) is 0 Å². The zero-order valence-corrected chi connectivity index (χ0v) is 13.8. The van der Waals surface area contributed by atoms with Gasteiger partial charge in [-0.2, -0.15) is 0 Å². The van der Waals surface area contributed by atoms with Gasteiger partial charge in [-0.3, -0.25) is 19.5 Å². The first-order valence-corrected chi connectivity index (χ1v) is 7.68. The molecule has 0 spiro atoms. The molecule has 0 radical (unpaired) electrons. The third-order valence-corrected chi connectivity index (χ3v) is 4.14. The van der Waals surface area contributed by atoms with Gasteiger partial charge in [-0.1, -0.05) is 6.08 Å². The molecule has 2 amide bonds. The summed E-state index contributed by atoms with van der Waals surface area (Å²) in [6.45, 7) is 5.43. The Morgan fingerprint density at radius 1 is 1.43 bits per heavy atom. The molecule has 1 N–H and O–H groups in total. The Kier molecular flexibility index (Phi) is 5.81. The molecule has 0 fully saturated rings. The lowest BCUT2D eigenvalue weighted by Gasteiger charge is -2.32. The number of rotatable bonds is 5. The topological polar surface area (TPSA) is 78.4 Å². The Morgan fingerprint density at radius 2 is 2.22 bits per heavy atom. The third kappa shape index (κ3) is 4.85. The molecule has 7 heteroatoms. The van der Waals surface area contributed by atoms with E-state index >= 15 is 0 Å². The number of hydrogen-bond acceptors (Lipinski definition) is 5. The zero-order chi connectivity index (χ0) is 16.8. The van der Waals surface area contributed by atoms with Crippen LogP contribution in [0.3, 0.4) is 0 Å². The van der Waals surface area contributed by atoms with E-state index in [-0.39, 0.29) is 17.9 Å². The van der Waals surface area contributed by atoms with Crippen LogP contribution in [0.2, 0.25) is 0 Å². The first kappa shape index (κ1) is 17.1. The maximum absolute atomic E-state index is 12.0. The van der Waals surface area contributed by atoms with Crippen molar-refractivity contribution in [2.45, 2.75) is 26.3 Å². The maximum Gasteiger partial charge on any atom is 0.239 e. The number of nitrogens with zero attached hydrogens (tertiary/aromatic N) is 4. The summed E-state index contributed by atoms with van der Waals surface area (Å²) < 4.78 is 0. The van der Waals surface area contributed by atoms with Gasteiger partial charge in [0.2, 0.25) is 11.8 Å². The van der Waals surface area contributed by atoms with Gasteiger partial charge in [0.05, 0.1) is 12.7 Å². The number of aromatic nitrogens is 2. The van der Waals surface area contributed by atoms with Crippen LogP contribution >= 0.6 is 0 Å². The molecule has 2 heterocycles. The number of nitrogens with one attached hydrogen (secondary N) is 1. The molecule has 23 heavy (non-hydrogen) atoms. The van der Waals surface area contributed by atoms with Crippen LogP contribution in [0.5, 0.6) is 0 Å². The number of hydrogen-bond donors (Lipinski definition) is 1. The summed E-state index contributed by atoms with van der Waals surface area (Å²) >= 11 is 0. The Labute approximate surface area is 136 Å². The lowest BCUT2D eigenvalue weighted by molar-refractivity contribution is -0.128. The zero-order valence-electron chi connectivity index (χ0n) is 13.8. The first-order valence-electron chi connectivity index (χ1n) is 7.68. The van der Waals surface area contributed by atoms with Gasteiger partial charge >= 0.3 is 0 Å². The highest BCUT2D eigenvalue weighted by molar-refractivity contribution is 5.91. The molecule has 1 aromatic rings. The third-order valence-electron chi connectivity index (χ3n) is 4.14. The highest BCUT2D eigenvalue weighted by atomic mass is 16.2. The van der Waals surface area contributed by atoms with Crippen molar-refractivity contribution in [2.24, 2.45) is 0 Å². The lowest BCUT2D eigenvalue weighted by Crippen LogP contribution is -2.40. The second-order valence-electron chi connectivity index (χ2n) is 5.71. The fourth-order valence-corrected chi connectivity index (χ4v) is 2.52. The molecule has 1 aliphatic heterocycles. The van der Waals surface area contributed by atoms with E-state index in [9.17, 15) is 9.59 Å². The van der Waals surface area contributed by atoms with E-state index in [0.29, 0.717) is 18.9 Å². The number of carbonyl (C=O) groups is 2. The minimum Gasteiger partial charge on any atom is -0.340 e. The number of anilines is 1. The molecule has 124 valence electrons. The molecule has 0 aromatic carbocycles. The van der Waals surface area contributed by atoms with Crippen molar-refractivity contribution in [3.8, 4) is 0 Å².